The summed E-state index contributed by atoms with van der Waals surface area (Å²) in [6.07, 6.45) is 0. The van der Waals surface area contributed by atoms with Crippen molar-refractivity contribution in [2.75, 3.05) is 13.2 Å². The average molecular weight is 290 g/mol. The van der Waals surface area contributed by atoms with Gasteiger partial charge in [-0.2, -0.15) is 0 Å². The topological polar surface area (TPSA) is 21.3 Å². The van der Waals surface area contributed by atoms with Crippen LogP contribution < -0.4 is 10.1 Å². The third-order valence-corrected chi connectivity index (χ3v) is 3.44. The second-order valence-corrected chi connectivity index (χ2v) is 5.17. The predicted molar refractivity (Wildman–Crippen MR) is 84.5 cm³/mol. The molecule has 0 bridgehead atoms. The lowest BCUT2D eigenvalue weighted by atomic mass is 10.1. The Labute approximate surface area is 125 Å². The Kier molecular flexibility index (Phi) is 5.45. The van der Waals surface area contributed by atoms with Crippen molar-refractivity contribution in [1.82, 2.24) is 5.32 Å². The van der Waals surface area contributed by atoms with Crippen molar-refractivity contribution in [3.05, 3.63) is 64.7 Å². The summed E-state index contributed by atoms with van der Waals surface area (Å²) in [6, 6.07) is 16.3. The van der Waals surface area contributed by atoms with Crippen LogP contribution in [0.3, 0.4) is 0 Å². The fraction of sp³-hybridized carbons (Fsp3) is 0.294. The number of hydrogen-bond donors (Lipinski definition) is 1. The SMILES string of the molecule is CCNC(COc1ccc(C)cc1Cl)c1ccccc1. The highest BCUT2D eigenvalue weighted by atomic mass is 35.5. The number of ether oxygens (including phenoxy) is 1. The maximum absolute atomic E-state index is 6.19. The lowest BCUT2D eigenvalue weighted by Crippen LogP contribution is -2.26. The van der Waals surface area contributed by atoms with Gasteiger partial charge in [-0.15, -0.1) is 0 Å². The summed E-state index contributed by atoms with van der Waals surface area (Å²) in [6.45, 7) is 5.56. The van der Waals surface area contributed by atoms with Crippen LogP contribution in [0, 0.1) is 6.92 Å². The quantitative estimate of drug-likeness (QED) is 0.852. The van der Waals surface area contributed by atoms with Gasteiger partial charge in [-0.05, 0) is 36.7 Å². The van der Waals surface area contributed by atoms with Crippen molar-refractivity contribution < 1.29 is 4.74 Å². The molecule has 0 aliphatic heterocycles. The molecule has 2 aromatic carbocycles. The lowest BCUT2D eigenvalue weighted by molar-refractivity contribution is 0.268. The highest BCUT2D eigenvalue weighted by Gasteiger charge is 2.11. The van der Waals surface area contributed by atoms with E-state index in [1.807, 2.05) is 43.3 Å². The maximum Gasteiger partial charge on any atom is 0.138 e. The van der Waals surface area contributed by atoms with Gasteiger partial charge in [0.2, 0.25) is 0 Å². The number of nitrogens with one attached hydrogen (secondary N) is 1. The Morgan fingerprint density at radius 3 is 2.55 bits per heavy atom. The van der Waals surface area contributed by atoms with Crippen LogP contribution in [0.25, 0.3) is 0 Å². The minimum absolute atomic E-state index is 0.165. The Balaban J connectivity index is 2.06. The zero-order valence-corrected chi connectivity index (χ0v) is 12.7. The molecule has 0 fully saturated rings. The largest absolute Gasteiger partial charge is 0.490 e. The minimum Gasteiger partial charge on any atom is -0.490 e. The average Bonchev–Trinajstić information content (AvgIpc) is 2.46. The summed E-state index contributed by atoms with van der Waals surface area (Å²) in [4.78, 5) is 0. The van der Waals surface area contributed by atoms with E-state index in [4.69, 9.17) is 16.3 Å². The van der Waals surface area contributed by atoms with Gasteiger partial charge in [-0.1, -0.05) is 54.9 Å². The molecule has 2 aromatic rings. The van der Waals surface area contributed by atoms with Gasteiger partial charge in [0, 0.05) is 0 Å². The zero-order valence-electron chi connectivity index (χ0n) is 11.9. The molecule has 3 heteroatoms. The van der Waals surface area contributed by atoms with E-state index in [2.05, 4.69) is 24.4 Å². The molecule has 106 valence electrons. The van der Waals surface area contributed by atoms with Gasteiger partial charge >= 0.3 is 0 Å². The van der Waals surface area contributed by atoms with Crippen LogP contribution in [0.1, 0.15) is 24.1 Å². The van der Waals surface area contributed by atoms with Crippen LogP contribution >= 0.6 is 11.6 Å². The van der Waals surface area contributed by atoms with E-state index in [0.29, 0.717) is 11.6 Å². The molecule has 0 aromatic heterocycles. The van der Waals surface area contributed by atoms with Crippen molar-refractivity contribution in [2.45, 2.75) is 19.9 Å². The Hall–Kier alpha value is -1.51. The van der Waals surface area contributed by atoms with Crippen LogP contribution in [0.2, 0.25) is 5.02 Å². The van der Waals surface area contributed by atoms with Crippen LogP contribution in [0.15, 0.2) is 48.5 Å². The molecule has 1 unspecified atom stereocenters. The molecule has 20 heavy (non-hydrogen) atoms. The summed E-state index contributed by atoms with van der Waals surface area (Å²) in [7, 11) is 0. The molecular formula is C17H20ClNO. The van der Waals surface area contributed by atoms with Crippen molar-refractivity contribution >= 4 is 11.6 Å². The molecule has 2 nitrogen and oxygen atoms in total. The minimum atomic E-state index is 0.165. The first-order chi connectivity index (χ1) is 9.70. The number of rotatable bonds is 6. The van der Waals surface area contributed by atoms with Crippen LogP contribution in [0.4, 0.5) is 0 Å². The van der Waals surface area contributed by atoms with E-state index < -0.39 is 0 Å². The van der Waals surface area contributed by atoms with Gasteiger partial charge in [-0.3, -0.25) is 0 Å². The Morgan fingerprint density at radius 1 is 1.15 bits per heavy atom. The molecule has 0 spiro atoms. The number of hydrogen-bond acceptors (Lipinski definition) is 2. The van der Waals surface area contributed by atoms with E-state index in [-0.39, 0.29) is 6.04 Å². The molecular weight excluding hydrogens is 270 g/mol. The fourth-order valence-corrected chi connectivity index (χ4v) is 2.39. The molecule has 0 radical (unpaired) electrons. The molecule has 0 saturated heterocycles. The number of benzene rings is 2. The van der Waals surface area contributed by atoms with Gasteiger partial charge in [0.25, 0.3) is 0 Å². The van der Waals surface area contributed by atoms with Crippen LogP contribution in [-0.2, 0) is 0 Å². The van der Waals surface area contributed by atoms with Crippen molar-refractivity contribution in [3.63, 3.8) is 0 Å². The van der Waals surface area contributed by atoms with E-state index in [1.165, 1.54) is 5.56 Å². The van der Waals surface area contributed by atoms with Crippen LogP contribution in [-0.4, -0.2) is 13.2 Å². The van der Waals surface area contributed by atoms with E-state index >= 15 is 0 Å². The van der Waals surface area contributed by atoms with Gasteiger partial charge < -0.3 is 10.1 Å². The molecule has 0 aliphatic rings. The second-order valence-electron chi connectivity index (χ2n) is 4.77. The van der Waals surface area contributed by atoms with Gasteiger partial charge in [-0.25, -0.2) is 0 Å². The van der Waals surface area contributed by atoms with Gasteiger partial charge in [0.05, 0.1) is 11.1 Å². The first kappa shape index (κ1) is 14.9. The normalized spacial score (nSPS) is 12.2. The van der Waals surface area contributed by atoms with Crippen molar-refractivity contribution in [2.24, 2.45) is 0 Å². The molecule has 0 aliphatic carbocycles. The van der Waals surface area contributed by atoms with Gasteiger partial charge in [0.15, 0.2) is 0 Å². The second kappa shape index (κ2) is 7.32. The van der Waals surface area contributed by atoms with Crippen molar-refractivity contribution in [3.8, 4) is 5.75 Å². The van der Waals surface area contributed by atoms with E-state index in [1.54, 1.807) is 0 Å². The fourth-order valence-electron chi connectivity index (χ4n) is 2.10. The summed E-state index contributed by atoms with van der Waals surface area (Å²) < 4.78 is 5.87. The third kappa shape index (κ3) is 3.99. The molecule has 0 heterocycles. The number of likely N-dealkylation sites (N-methyl/N-ethyl adjacent to an activating group) is 1. The summed E-state index contributed by atoms with van der Waals surface area (Å²) in [5.41, 5.74) is 2.35. The summed E-state index contributed by atoms with van der Waals surface area (Å²) >= 11 is 6.19. The third-order valence-electron chi connectivity index (χ3n) is 3.15. The molecule has 0 saturated carbocycles. The molecule has 1 N–H and O–H groups in total. The summed E-state index contributed by atoms with van der Waals surface area (Å²) in [5.74, 6) is 0.733. The standard InChI is InChI=1S/C17H20ClNO/c1-3-19-16(14-7-5-4-6-8-14)12-20-17-10-9-13(2)11-15(17)18/h4-11,16,19H,3,12H2,1-2H3. The monoisotopic (exact) mass is 289 g/mol. The van der Waals surface area contributed by atoms with Crippen molar-refractivity contribution in [1.29, 1.82) is 0 Å². The highest BCUT2D eigenvalue weighted by Crippen LogP contribution is 2.26. The summed E-state index contributed by atoms with van der Waals surface area (Å²) in [5, 5.41) is 4.09. The smallest absolute Gasteiger partial charge is 0.138 e. The molecule has 0 amide bonds. The highest BCUT2D eigenvalue weighted by molar-refractivity contribution is 6.32. The van der Waals surface area contributed by atoms with E-state index in [0.717, 1.165) is 17.9 Å². The molecule has 2 rings (SSSR count). The number of halogens is 1. The first-order valence-corrected chi connectivity index (χ1v) is 7.25. The lowest BCUT2D eigenvalue weighted by Gasteiger charge is -2.19. The number of aryl methyl sites for hydroxylation is 1. The Morgan fingerprint density at radius 2 is 1.90 bits per heavy atom. The predicted octanol–water partition coefficient (Wildman–Crippen LogP) is 4.38. The zero-order chi connectivity index (χ0) is 14.4. The van der Waals surface area contributed by atoms with Gasteiger partial charge in [0.1, 0.15) is 12.4 Å². The maximum atomic E-state index is 6.19. The Bertz CT molecular complexity index is 542. The molecule has 1 atom stereocenters. The van der Waals surface area contributed by atoms with Crippen LogP contribution in [0.5, 0.6) is 5.75 Å². The first-order valence-electron chi connectivity index (χ1n) is 6.88. The van der Waals surface area contributed by atoms with E-state index in [9.17, 15) is 0 Å².